The first-order valence-corrected chi connectivity index (χ1v) is 16.6. The molecule has 12 heteroatoms. The maximum absolute atomic E-state index is 12.5. The predicted molar refractivity (Wildman–Crippen MR) is 190 cm³/mol. The van der Waals surface area contributed by atoms with Crippen LogP contribution in [-0.4, -0.2) is 76.9 Å². The average molecular weight is 708 g/mol. The van der Waals surface area contributed by atoms with Crippen LogP contribution in [0.4, 0.5) is 4.79 Å². The van der Waals surface area contributed by atoms with Crippen LogP contribution in [0, 0.1) is 5.92 Å². The van der Waals surface area contributed by atoms with Gasteiger partial charge < -0.3 is 24.2 Å². The minimum absolute atomic E-state index is 0.163. The minimum Gasteiger partial charge on any atom is -0.497 e. The third-order valence-corrected chi connectivity index (χ3v) is 8.87. The molecule has 4 aromatic rings. The summed E-state index contributed by atoms with van der Waals surface area (Å²) < 4.78 is 16.7. The molecule has 49 heavy (non-hydrogen) atoms. The van der Waals surface area contributed by atoms with E-state index in [1.54, 1.807) is 20.4 Å². The van der Waals surface area contributed by atoms with Crippen molar-refractivity contribution in [3.05, 3.63) is 82.0 Å². The van der Waals surface area contributed by atoms with E-state index < -0.39 is 17.7 Å². The van der Waals surface area contributed by atoms with E-state index >= 15 is 0 Å². The smallest absolute Gasteiger partial charge is 0.410 e. The Morgan fingerprint density at radius 2 is 1.69 bits per heavy atom. The summed E-state index contributed by atoms with van der Waals surface area (Å²) in [6, 6.07) is 17.1. The second kappa shape index (κ2) is 15.0. The van der Waals surface area contributed by atoms with E-state index in [1.165, 1.54) is 12.0 Å². The zero-order valence-corrected chi connectivity index (χ0v) is 29.9. The molecule has 0 spiro atoms. The Bertz CT molecular complexity index is 1860. The lowest BCUT2D eigenvalue weighted by atomic mass is 9.95. The lowest BCUT2D eigenvalue weighted by molar-refractivity contribution is -0.139. The average Bonchev–Trinajstić information content (AvgIpc) is 3.03. The van der Waals surface area contributed by atoms with E-state index in [0.29, 0.717) is 61.9 Å². The monoisotopic (exact) mass is 706 g/mol. The molecule has 0 radical (unpaired) electrons. The zero-order valence-electron chi connectivity index (χ0n) is 28.4. The number of halogens is 2. The van der Waals surface area contributed by atoms with Gasteiger partial charge >= 0.3 is 12.1 Å². The largest absolute Gasteiger partial charge is 0.497 e. The second-order valence-electron chi connectivity index (χ2n) is 13.1. The summed E-state index contributed by atoms with van der Waals surface area (Å²) in [5.41, 5.74) is 5.14. The molecule has 1 N–H and O–H groups in total. The summed E-state index contributed by atoms with van der Waals surface area (Å²) in [7, 11) is 4.80. The molecule has 258 valence electrons. The third-order valence-electron chi connectivity index (χ3n) is 8.08. The van der Waals surface area contributed by atoms with Gasteiger partial charge in [0.1, 0.15) is 11.4 Å². The summed E-state index contributed by atoms with van der Waals surface area (Å²) >= 11 is 14.2. The number of benzene rings is 2. The quantitative estimate of drug-likeness (QED) is 0.165. The number of nitrogens with zero attached hydrogens (tertiary/aromatic N) is 4. The number of hydrogen-bond donors (Lipinski definition) is 1. The number of aromatic nitrogens is 2. The molecule has 5 rings (SSSR count). The van der Waals surface area contributed by atoms with Gasteiger partial charge in [-0.2, -0.15) is 0 Å². The van der Waals surface area contributed by atoms with E-state index in [-0.39, 0.29) is 18.9 Å². The number of aliphatic carboxylic acids is 1. The summed E-state index contributed by atoms with van der Waals surface area (Å²) in [6.45, 7) is 7.81. The Morgan fingerprint density at radius 1 is 0.980 bits per heavy atom. The second-order valence-corrected chi connectivity index (χ2v) is 13.9. The van der Waals surface area contributed by atoms with Gasteiger partial charge in [-0.05, 0) is 68.7 Å². The van der Waals surface area contributed by atoms with Crippen molar-refractivity contribution in [2.75, 3.05) is 34.4 Å². The molecule has 1 fully saturated rings. The maximum atomic E-state index is 12.5. The number of rotatable bonds is 11. The molecule has 1 aliphatic rings. The van der Waals surface area contributed by atoms with Gasteiger partial charge in [0.05, 0.1) is 48.6 Å². The summed E-state index contributed by atoms with van der Waals surface area (Å²) in [6.07, 6.45) is 1.43. The lowest BCUT2D eigenvalue weighted by Gasteiger charge is -2.38. The Kier molecular flexibility index (Phi) is 11.0. The van der Waals surface area contributed by atoms with Crippen molar-refractivity contribution >= 4 is 35.3 Å². The molecule has 3 heterocycles. The van der Waals surface area contributed by atoms with Crippen LogP contribution in [0.1, 0.15) is 38.3 Å². The number of pyridine rings is 2. The van der Waals surface area contributed by atoms with E-state index in [0.717, 1.165) is 24.2 Å². The molecule has 0 atom stereocenters. The molecule has 1 aliphatic heterocycles. The number of hydrogen-bond acceptors (Lipinski definition) is 8. The van der Waals surface area contributed by atoms with Crippen LogP contribution in [0.25, 0.3) is 33.6 Å². The van der Waals surface area contributed by atoms with Crippen molar-refractivity contribution in [2.24, 2.45) is 5.92 Å². The van der Waals surface area contributed by atoms with Gasteiger partial charge in [-0.25, -0.2) is 9.78 Å². The lowest BCUT2D eigenvalue weighted by Crippen LogP contribution is -2.46. The van der Waals surface area contributed by atoms with E-state index in [4.69, 9.17) is 47.5 Å². The van der Waals surface area contributed by atoms with Gasteiger partial charge in [-0.15, -0.1) is 0 Å². The number of carboxylic acids is 1. The number of amides is 1. The molecule has 0 unspecified atom stereocenters. The SMILES string of the molecule is COc1cc(CN2CC(CC(=O)O)C2)cc(-c2nccc(-c3cccc(-c4ccc(CN(C)C(=O)OC(C)(C)C)c(OC)n4)c3Cl)c2Cl)c1. The highest BCUT2D eigenvalue weighted by Gasteiger charge is 2.29. The van der Waals surface area contributed by atoms with Crippen molar-refractivity contribution in [3.63, 3.8) is 0 Å². The highest BCUT2D eigenvalue weighted by atomic mass is 35.5. The Balaban J connectivity index is 1.42. The number of carbonyl (C=O) groups excluding carboxylic acids is 1. The molecule has 1 saturated heterocycles. The fourth-order valence-electron chi connectivity index (χ4n) is 5.81. The standard InChI is InChI=1S/C37H40Cl2N4O6/c1-37(2,3)49-36(46)42(4)21-24-10-11-30(41-35(24)48-6)29-9-7-8-27(32(29)38)28-12-13-40-34(33(28)39)25-14-22(15-26(17-25)47-5)18-43-19-23(20-43)16-31(44)45/h7-15,17,23H,16,18-21H2,1-6H3,(H,44,45). The highest BCUT2D eigenvalue weighted by molar-refractivity contribution is 6.39. The van der Waals surface area contributed by atoms with Gasteiger partial charge in [-0.3, -0.25) is 14.7 Å². The number of carboxylic acid groups (broad SMARTS) is 1. The predicted octanol–water partition coefficient (Wildman–Crippen LogP) is 8.08. The number of carbonyl (C=O) groups is 2. The van der Waals surface area contributed by atoms with Gasteiger partial charge in [0, 0.05) is 60.7 Å². The van der Waals surface area contributed by atoms with Crippen LogP contribution < -0.4 is 9.47 Å². The van der Waals surface area contributed by atoms with Crippen LogP contribution in [0.5, 0.6) is 11.6 Å². The number of ether oxygens (including phenoxy) is 3. The summed E-state index contributed by atoms with van der Waals surface area (Å²) in [4.78, 5) is 36.6. The van der Waals surface area contributed by atoms with Crippen molar-refractivity contribution in [3.8, 4) is 45.3 Å². The van der Waals surface area contributed by atoms with Crippen LogP contribution in [0.15, 0.2) is 60.8 Å². The van der Waals surface area contributed by atoms with Gasteiger partial charge in [-0.1, -0.05) is 41.4 Å². The van der Waals surface area contributed by atoms with Gasteiger partial charge in [0.15, 0.2) is 0 Å². The normalized spacial score (nSPS) is 13.5. The van der Waals surface area contributed by atoms with E-state index in [9.17, 15) is 9.59 Å². The maximum Gasteiger partial charge on any atom is 0.410 e. The van der Waals surface area contributed by atoms with Crippen molar-refractivity contribution in [1.29, 1.82) is 0 Å². The fraction of sp³-hybridized carbons (Fsp3) is 0.351. The van der Waals surface area contributed by atoms with E-state index in [1.807, 2.05) is 75.4 Å². The fourth-order valence-corrected chi connectivity index (χ4v) is 6.46. The number of likely N-dealkylation sites (tertiary alicyclic amines) is 1. The first-order chi connectivity index (χ1) is 23.3. The molecule has 0 aliphatic carbocycles. The summed E-state index contributed by atoms with van der Waals surface area (Å²) in [5, 5.41) is 9.97. The third kappa shape index (κ3) is 8.62. The molecular formula is C37H40Cl2N4O6. The molecule has 10 nitrogen and oxygen atoms in total. The first kappa shape index (κ1) is 35.9. The Labute approximate surface area is 296 Å². The van der Waals surface area contributed by atoms with Crippen LogP contribution in [0.3, 0.4) is 0 Å². The summed E-state index contributed by atoms with van der Waals surface area (Å²) in [5.74, 6) is 0.423. The molecule has 1 amide bonds. The number of methoxy groups -OCH3 is 2. The van der Waals surface area contributed by atoms with Crippen LogP contribution >= 0.6 is 23.2 Å². The van der Waals surface area contributed by atoms with E-state index in [2.05, 4.69) is 9.88 Å². The molecular weight excluding hydrogens is 667 g/mol. The van der Waals surface area contributed by atoms with Crippen LogP contribution in [-0.2, 0) is 22.6 Å². The Hall–Kier alpha value is -4.38. The molecule has 2 aromatic heterocycles. The van der Waals surface area contributed by atoms with Gasteiger partial charge in [0.25, 0.3) is 0 Å². The molecule has 2 aromatic carbocycles. The first-order valence-electron chi connectivity index (χ1n) is 15.8. The minimum atomic E-state index is -0.770. The molecule has 0 bridgehead atoms. The van der Waals surface area contributed by atoms with Crippen molar-refractivity contribution < 1.29 is 28.9 Å². The topological polar surface area (TPSA) is 114 Å². The van der Waals surface area contributed by atoms with Crippen molar-refractivity contribution in [1.82, 2.24) is 19.8 Å². The zero-order chi connectivity index (χ0) is 35.5. The molecule has 0 saturated carbocycles. The Morgan fingerprint density at radius 3 is 2.37 bits per heavy atom. The van der Waals surface area contributed by atoms with Gasteiger partial charge in [0.2, 0.25) is 5.88 Å². The van der Waals surface area contributed by atoms with Crippen molar-refractivity contribution in [2.45, 2.75) is 45.9 Å². The highest BCUT2D eigenvalue weighted by Crippen LogP contribution is 2.42. The van der Waals surface area contributed by atoms with Crippen LogP contribution in [0.2, 0.25) is 10.0 Å².